The molecule has 5 nitrogen and oxygen atoms in total. The summed E-state index contributed by atoms with van der Waals surface area (Å²) in [5.41, 5.74) is 0. The van der Waals surface area contributed by atoms with Crippen molar-refractivity contribution in [3.63, 3.8) is 0 Å². The molecule has 0 aromatic heterocycles. The third-order valence-corrected chi connectivity index (χ3v) is 4.47. The molecule has 0 spiro atoms. The van der Waals surface area contributed by atoms with Gasteiger partial charge in [-0.3, -0.25) is 4.79 Å². The van der Waals surface area contributed by atoms with Gasteiger partial charge in [-0.1, -0.05) is 34.1 Å². The molecule has 1 atom stereocenters. The van der Waals surface area contributed by atoms with Crippen molar-refractivity contribution >= 4 is 15.8 Å². The molecule has 0 aliphatic carbocycles. The molecule has 0 amide bonds. The molecule has 0 aromatic rings. The van der Waals surface area contributed by atoms with E-state index in [1.165, 1.54) is 0 Å². The van der Waals surface area contributed by atoms with Gasteiger partial charge in [0.05, 0.1) is 11.8 Å². The minimum Gasteiger partial charge on any atom is -0.305 e. The molecular formula is C14H30N2O3S. The van der Waals surface area contributed by atoms with Crippen LogP contribution in [0.25, 0.3) is 0 Å². The zero-order valence-electron chi connectivity index (χ0n) is 13.4. The lowest BCUT2D eigenvalue weighted by Crippen LogP contribution is -2.42. The molecule has 0 aromatic carbocycles. The Balaban J connectivity index is 4.12. The van der Waals surface area contributed by atoms with Gasteiger partial charge in [0.15, 0.2) is 5.78 Å². The molecule has 120 valence electrons. The van der Waals surface area contributed by atoms with Crippen molar-refractivity contribution in [2.24, 2.45) is 5.92 Å². The lowest BCUT2D eigenvalue weighted by Gasteiger charge is -2.22. The third-order valence-electron chi connectivity index (χ3n) is 3.07. The zero-order chi connectivity index (χ0) is 15.8. The number of hydrogen-bond acceptors (Lipinski definition) is 4. The quantitative estimate of drug-likeness (QED) is 0.570. The van der Waals surface area contributed by atoms with Crippen LogP contribution in [0.2, 0.25) is 0 Å². The van der Waals surface area contributed by atoms with Gasteiger partial charge < -0.3 is 5.32 Å². The van der Waals surface area contributed by atoms with E-state index in [1.807, 2.05) is 27.7 Å². The molecule has 6 heteroatoms. The van der Waals surface area contributed by atoms with Crippen molar-refractivity contribution in [1.29, 1.82) is 0 Å². The number of carbonyl (C=O) groups is 1. The maximum absolute atomic E-state index is 12.1. The van der Waals surface area contributed by atoms with Gasteiger partial charge in [-0.25, -0.2) is 13.1 Å². The van der Waals surface area contributed by atoms with E-state index in [1.54, 1.807) is 6.92 Å². The van der Waals surface area contributed by atoms with Gasteiger partial charge in [0.1, 0.15) is 0 Å². The van der Waals surface area contributed by atoms with Crippen LogP contribution in [-0.4, -0.2) is 38.6 Å². The van der Waals surface area contributed by atoms with Gasteiger partial charge >= 0.3 is 0 Å². The average Bonchev–Trinajstić information content (AvgIpc) is 2.35. The summed E-state index contributed by atoms with van der Waals surface area (Å²) in [5.74, 6) is 0.355. The summed E-state index contributed by atoms with van der Waals surface area (Å²) >= 11 is 0. The lowest BCUT2D eigenvalue weighted by atomic mass is 9.96. The molecule has 0 saturated carbocycles. The van der Waals surface area contributed by atoms with Gasteiger partial charge in [-0.2, -0.15) is 0 Å². The van der Waals surface area contributed by atoms with Gasteiger partial charge in [0.2, 0.25) is 10.0 Å². The van der Waals surface area contributed by atoms with Crippen molar-refractivity contribution in [3.8, 4) is 0 Å². The first-order valence-corrected chi connectivity index (χ1v) is 9.12. The summed E-state index contributed by atoms with van der Waals surface area (Å²) in [6.07, 6.45) is 2.33. The largest absolute Gasteiger partial charge is 0.305 e. The Hall–Kier alpha value is -0.460. The highest BCUT2D eigenvalue weighted by atomic mass is 32.2. The highest BCUT2D eigenvalue weighted by Crippen LogP contribution is 2.08. The first kappa shape index (κ1) is 19.5. The minimum atomic E-state index is -3.10. The number of sulfonamides is 1. The van der Waals surface area contributed by atoms with E-state index in [9.17, 15) is 13.2 Å². The van der Waals surface area contributed by atoms with Crippen LogP contribution in [0.15, 0.2) is 0 Å². The lowest BCUT2D eigenvalue weighted by molar-refractivity contribution is -0.124. The van der Waals surface area contributed by atoms with E-state index < -0.39 is 10.0 Å². The van der Waals surface area contributed by atoms with E-state index in [-0.39, 0.29) is 29.5 Å². The highest BCUT2D eigenvalue weighted by molar-refractivity contribution is 7.89. The Morgan fingerprint density at radius 3 is 2.15 bits per heavy atom. The summed E-state index contributed by atoms with van der Waals surface area (Å²) in [6, 6.07) is 0.138. The second-order valence-corrected chi connectivity index (χ2v) is 7.82. The van der Waals surface area contributed by atoms with E-state index in [0.717, 1.165) is 19.3 Å². The Kier molecular flexibility index (Phi) is 9.25. The van der Waals surface area contributed by atoms with E-state index in [2.05, 4.69) is 10.0 Å². The van der Waals surface area contributed by atoms with Crippen molar-refractivity contribution in [2.45, 2.75) is 66.0 Å². The average molecular weight is 306 g/mol. The molecule has 0 radical (unpaired) electrons. The predicted molar refractivity (Wildman–Crippen MR) is 83.2 cm³/mol. The van der Waals surface area contributed by atoms with Crippen LogP contribution < -0.4 is 10.0 Å². The molecule has 0 aliphatic rings. The normalized spacial score (nSPS) is 13.9. The number of unbranched alkanes of at least 4 members (excludes halogenated alkanes) is 1. The van der Waals surface area contributed by atoms with Gasteiger partial charge in [0, 0.05) is 18.5 Å². The number of ketones is 1. The maximum Gasteiger partial charge on any atom is 0.211 e. The molecular weight excluding hydrogens is 276 g/mol. The van der Waals surface area contributed by atoms with E-state index in [0.29, 0.717) is 6.54 Å². The third kappa shape index (κ3) is 8.66. The SMILES string of the molecule is CCS(=O)(=O)NCCCC[C@H](NC(C)C)C(=O)C(C)C. The Morgan fingerprint density at radius 2 is 1.70 bits per heavy atom. The van der Waals surface area contributed by atoms with Gasteiger partial charge in [-0.05, 0) is 19.8 Å². The summed E-state index contributed by atoms with van der Waals surface area (Å²) in [4.78, 5) is 12.1. The van der Waals surface area contributed by atoms with Crippen LogP contribution in [-0.2, 0) is 14.8 Å². The molecule has 0 unspecified atom stereocenters. The van der Waals surface area contributed by atoms with E-state index >= 15 is 0 Å². The van der Waals surface area contributed by atoms with Crippen LogP contribution in [0.3, 0.4) is 0 Å². The van der Waals surface area contributed by atoms with Crippen molar-refractivity contribution < 1.29 is 13.2 Å². The van der Waals surface area contributed by atoms with Gasteiger partial charge in [0.25, 0.3) is 0 Å². The second-order valence-electron chi connectivity index (χ2n) is 5.72. The Morgan fingerprint density at radius 1 is 1.10 bits per heavy atom. The molecule has 0 heterocycles. The number of hydrogen-bond donors (Lipinski definition) is 2. The van der Waals surface area contributed by atoms with Crippen molar-refractivity contribution in [2.75, 3.05) is 12.3 Å². The van der Waals surface area contributed by atoms with E-state index in [4.69, 9.17) is 0 Å². The number of carbonyl (C=O) groups excluding carboxylic acids is 1. The molecule has 0 rings (SSSR count). The standard InChI is InChI=1S/C14H30N2O3S/c1-6-20(18,19)15-10-8-7-9-13(16-12(4)5)14(17)11(2)3/h11-13,15-16H,6-10H2,1-5H3/t13-/m0/s1. The topological polar surface area (TPSA) is 75.3 Å². The van der Waals surface area contributed by atoms with Crippen LogP contribution in [0.4, 0.5) is 0 Å². The van der Waals surface area contributed by atoms with Gasteiger partial charge in [-0.15, -0.1) is 0 Å². The molecule has 0 bridgehead atoms. The van der Waals surface area contributed by atoms with Crippen LogP contribution in [0, 0.1) is 5.92 Å². The highest BCUT2D eigenvalue weighted by Gasteiger charge is 2.21. The van der Waals surface area contributed by atoms with Crippen LogP contribution in [0.5, 0.6) is 0 Å². The monoisotopic (exact) mass is 306 g/mol. The smallest absolute Gasteiger partial charge is 0.211 e. The number of Topliss-reactive ketones (excluding diaryl/α,β-unsaturated/α-hetero) is 1. The summed E-state index contributed by atoms with van der Waals surface area (Å²) < 4.78 is 25.1. The fourth-order valence-corrected chi connectivity index (χ4v) is 2.58. The predicted octanol–water partition coefficient (Wildman–Crippen LogP) is 1.69. The molecule has 0 saturated heterocycles. The minimum absolute atomic E-state index is 0.0184. The molecule has 0 fully saturated rings. The first-order valence-electron chi connectivity index (χ1n) is 7.46. The summed E-state index contributed by atoms with van der Waals surface area (Å²) in [5, 5.41) is 3.29. The molecule has 0 aliphatic heterocycles. The summed E-state index contributed by atoms with van der Waals surface area (Å²) in [7, 11) is -3.10. The van der Waals surface area contributed by atoms with Crippen LogP contribution in [0.1, 0.15) is 53.9 Å². The van der Waals surface area contributed by atoms with Crippen molar-refractivity contribution in [3.05, 3.63) is 0 Å². The number of nitrogens with one attached hydrogen (secondary N) is 2. The maximum atomic E-state index is 12.1. The van der Waals surface area contributed by atoms with Crippen molar-refractivity contribution in [1.82, 2.24) is 10.0 Å². The Labute approximate surface area is 124 Å². The summed E-state index contributed by atoms with van der Waals surface area (Å²) in [6.45, 7) is 9.93. The first-order chi connectivity index (χ1) is 9.19. The zero-order valence-corrected chi connectivity index (χ0v) is 14.2. The van der Waals surface area contributed by atoms with Crippen LogP contribution >= 0.6 is 0 Å². The fraction of sp³-hybridized carbons (Fsp3) is 0.929. The fourth-order valence-electron chi connectivity index (χ4n) is 1.92. The second kappa shape index (κ2) is 9.47. The molecule has 2 N–H and O–H groups in total. The molecule has 20 heavy (non-hydrogen) atoms. The number of rotatable bonds is 11. The Bertz CT molecular complexity index is 378.